The number of hydrogen-bond acceptors (Lipinski definition) is 8. The Morgan fingerprint density at radius 3 is 2.77 bits per heavy atom. The largest absolute Gasteiger partial charge is 0.465 e. The normalized spacial score (nSPS) is 10.8. The molecule has 8 heteroatoms. The average Bonchev–Trinajstić information content (AvgIpc) is 3.13. The monoisotopic (exact) mass is 351 g/mol. The van der Waals surface area contributed by atoms with Crippen molar-refractivity contribution < 1.29 is 13.9 Å². The number of aryl methyl sites for hydroxylation is 1. The molecule has 2 aromatic heterocycles. The van der Waals surface area contributed by atoms with Gasteiger partial charge >= 0.3 is 5.97 Å². The minimum Gasteiger partial charge on any atom is -0.465 e. The maximum atomic E-state index is 11.7. The number of nitrogen functional groups attached to an aromatic ring is 1. The molecule has 0 aliphatic heterocycles. The van der Waals surface area contributed by atoms with E-state index in [1.807, 2.05) is 31.2 Å². The van der Waals surface area contributed by atoms with Crippen LogP contribution in [0, 0.1) is 6.92 Å². The van der Waals surface area contributed by atoms with Crippen LogP contribution in [-0.2, 0) is 16.1 Å². The molecule has 3 aromatic rings. The molecule has 8 nitrogen and oxygen atoms in total. The molecule has 0 radical (unpaired) electrons. The lowest BCUT2D eigenvalue weighted by Crippen LogP contribution is -2.10. The lowest BCUT2D eigenvalue weighted by molar-refractivity contribution is -0.139. The molecule has 26 heavy (non-hydrogen) atoms. The summed E-state index contributed by atoms with van der Waals surface area (Å²) < 4.78 is 10.2. The van der Waals surface area contributed by atoms with Gasteiger partial charge in [-0.1, -0.05) is 17.7 Å². The van der Waals surface area contributed by atoms with Gasteiger partial charge in [0.1, 0.15) is 5.76 Å². The molecule has 2 heterocycles. The standard InChI is InChI=1S/C18H17N5O3/c1-12-4-6-13(7-5-12)20-18-22-15(21-17(19)23-18)11-26-16(24)9-8-14-3-2-10-25-14/h2-10H,11H2,1H3,(H3,19,20,21,22,23)/b9-8+. The quantitative estimate of drug-likeness (QED) is 0.514. The molecule has 1 aromatic carbocycles. The van der Waals surface area contributed by atoms with E-state index < -0.39 is 5.97 Å². The Hall–Kier alpha value is -3.68. The van der Waals surface area contributed by atoms with Crippen LogP contribution in [-0.4, -0.2) is 20.9 Å². The van der Waals surface area contributed by atoms with Gasteiger partial charge in [0.2, 0.25) is 11.9 Å². The topological polar surface area (TPSA) is 116 Å². The second kappa shape index (κ2) is 7.93. The van der Waals surface area contributed by atoms with Crippen molar-refractivity contribution in [3.8, 4) is 0 Å². The first-order valence-electron chi connectivity index (χ1n) is 7.81. The molecule has 3 N–H and O–H groups in total. The van der Waals surface area contributed by atoms with E-state index in [0.29, 0.717) is 5.76 Å². The SMILES string of the molecule is Cc1ccc(Nc2nc(N)nc(COC(=O)/C=C/c3ccco3)n2)cc1. The summed E-state index contributed by atoms with van der Waals surface area (Å²) in [5.74, 6) is 0.557. The van der Waals surface area contributed by atoms with Gasteiger partial charge in [0.05, 0.1) is 6.26 Å². The molecule has 132 valence electrons. The van der Waals surface area contributed by atoms with E-state index in [4.69, 9.17) is 14.9 Å². The number of aromatic nitrogens is 3. The second-order valence-corrected chi connectivity index (χ2v) is 5.38. The number of carbonyl (C=O) groups is 1. The average molecular weight is 351 g/mol. The van der Waals surface area contributed by atoms with Gasteiger partial charge in [0.25, 0.3) is 0 Å². The minimum atomic E-state index is -0.548. The minimum absolute atomic E-state index is 0.0341. The van der Waals surface area contributed by atoms with Crippen LogP contribution in [0.2, 0.25) is 0 Å². The smallest absolute Gasteiger partial charge is 0.331 e. The Labute approximate surface area is 149 Å². The molecule has 0 fully saturated rings. The number of esters is 1. The number of nitrogens with one attached hydrogen (secondary N) is 1. The van der Waals surface area contributed by atoms with Crippen molar-refractivity contribution in [2.75, 3.05) is 11.1 Å². The van der Waals surface area contributed by atoms with Gasteiger partial charge in [-0.15, -0.1) is 0 Å². The maximum absolute atomic E-state index is 11.7. The third-order valence-corrected chi connectivity index (χ3v) is 3.28. The first-order chi connectivity index (χ1) is 12.6. The highest BCUT2D eigenvalue weighted by Crippen LogP contribution is 2.14. The van der Waals surface area contributed by atoms with Crippen molar-refractivity contribution >= 4 is 29.6 Å². The zero-order chi connectivity index (χ0) is 18.4. The van der Waals surface area contributed by atoms with E-state index >= 15 is 0 Å². The second-order valence-electron chi connectivity index (χ2n) is 5.38. The summed E-state index contributed by atoms with van der Waals surface area (Å²) in [6.45, 7) is 1.87. The van der Waals surface area contributed by atoms with Crippen LogP contribution >= 0.6 is 0 Å². The number of nitrogens with two attached hydrogens (primary N) is 1. The number of rotatable bonds is 6. The van der Waals surface area contributed by atoms with Gasteiger partial charge in [-0.25, -0.2) is 4.79 Å². The number of furan rings is 1. The van der Waals surface area contributed by atoms with Crippen LogP contribution in [0.25, 0.3) is 6.08 Å². The first-order valence-corrected chi connectivity index (χ1v) is 7.81. The Bertz CT molecular complexity index is 905. The molecule has 0 aliphatic carbocycles. The third kappa shape index (κ3) is 4.91. The lowest BCUT2D eigenvalue weighted by Gasteiger charge is -2.07. The number of benzene rings is 1. The Kier molecular flexibility index (Phi) is 5.23. The lowest BCUT2D eigenvalue weighted by atomic mass is 10.2. The highest BCUT2D eigenvalue weighted by atomic mass is 16.5. The van der Waals surface area contributed by atoms with E-state index in [-0.39, 0.29) is 24.3 Å². The summed E-state index contributed by atoms with van der Waals surface area (Å²) in [6, 6.07) is 11.2. The Balaban J connectivity index is 1.62. The van der Waals surface area contributed by atoms with E-state index in [1.165, 1.54) is 18.4 Å². The summed E-state index contributed by atoms with van der Waals surface area (Å²) >= 11 is 0. The molecule has 0 saturated heterocycles. The molecule has 0 spiro atoms. The zero-order valence-corrected chi connectivity index (χ0v) is 14.0. The zero-order valence-electron chi connectivity index (χ0n) is 14.0. The molecular weight excluding hydrogens is 334 g/mol. The Morgan fingerprint density at radius 1 is 1.23 bits per heavy atom. The molecule has 0 atom stereocenters. The molecule has 3 rings (SSSR count). The first kappa shape index (κ1) is 17.2. The number of nitrogens with zero attached hydrogens (tertiary/aromatic N) is 3. The van der Waals surface area contributed by atoms with E-state index in [9.17, 15) is 4.79 Å². The van der Waals surface area contributed by atoms with Crippen molar-refractivity contribution in [3.63, 3.8) is 0 Å². The maximum Gasteiger partial charge on any atom is 0.331 e. The van der Waals surface area contributed by atoms with Crippen molar-refractivity contribution in [1.82, 2.24) is 15.0 Å². The summed E-state index contributed by atoms with van der Waals surface area (Å²) in [6.07, 6.45) is 4.28. The van der Waals surface area contributed by atoms with Gasteiger partial charge in [-0.3, -0.25) is 0 Å². The van der Waals surface area contributed by atoms with Crippen molar-refractivity contribution in [2.24, 2.45) is 0 Å². The van der Waals surface area contributed by atoms with Gasteiger partial charge in [0, 0.05) is 11.8 Å². The molecule has 0 bridgehead atoms. The van der Waals surface area contributed by atoms with Crippen LogP contribution in [0.4, 0.5) is 17.6 Å². The van der Waals surface area contributed by atoms with Gasteiger partial charge < -0.3 is 20.2 Å². The van der Waals surface area contributed by atoms with Crippen LogP contribution in [0.5, 0.6) is 0 Å². The Morgan fingerprint density at radius 2 is 2.04 bits per heavy atom. The number of anilines is 3. The van der Waals surface area contributed by atoms with Gasteiger partial charge in [-0.2, -0.15) is 15.0 Å². The highest BCUT2D eigenvalue weighted by molar-refractivity contribution is 5.86. The third-order valence-electron chi connectivity index (χ3n) is 3.28. The van der Waals surface area contributed by atoms with E-state index in [0.717, 1.165) is 11.3 Å². The summed E-state index contributed by atoms with van der Waals surface area (Å²) in [5.41, 5.74) is 7.65. The van der Waals surface area contributed by atoms with Gasteiger partial charge in [0.15, 0.2) is 12.4 Å². The van der Waals surface area contributed by atoms with Crippen molar-refractivity contribution in [2.45, 2.75) is 13.5 Å². The number of hydrogen-bond donors (Lipinski definition) is 2. The summed E-state index contributed by atoms with van der Waals surface area (Å²) in [4.78, 5) is 23.9. The van der Waals surface area contributed by atoms with Crippen LogP contribution < -0.4 is 11.1 Å². The molecular formula is C18H17N5O3. The van der Waals surface area contributed by atoms with Crippen LogP contribution in [0.3, 0.4) is 0 Å². The fourth-order valence-electron chi connectivity index (χ4n) is 2.04. The number of ether oxygens (including phenoxy) is 1. The van der Waals surface area contributed by atoms with E-state index in [2.05, 4.69) is 20.3 Å². The summed E-state index contributed by atoms with van der Waals surface area (Å²) in [7, 11) is 0. The van der Waals surface area contributed by atoms with Crippen molar-refractivity contribution in [3.05, 3.63) is 65.9 Å². The van der Waals surface area contributed by atoms with E-state index in [1.54, 1.807) is 12.1 Å². The molecule has 0 amide bonds. The molecule has 0 aliphatic rings. The molecule has 0 unspecified atom stereocenters. The number of carbonyl (C=O) groups excluding carboxylic acids is 1. The van der Waals surface area contributed by atoms with Crippen LogP contribution in [0.15, 0.2) is 53.2 Å². The fourth-order valence-corrected chi connectivity index (χ4v) is 2.04. The van der Waals surface area contributed by atoms with Crippen LogP contribution in [0.1, 0.15) is 17.1 Å². The predicted octanol–water partition coefficient (Wildman–Crippen LogP) is 2.86. The predicted molar refractivity (Wildman–Crippen MR) is 96.2 cm³/mol. The summed E-state index contributed by atoms with van der Waals surface area (Å²) in [5, 5.41) is 3.03. The van der Waals surface area contributed by atoms with Crippen molar-refractivity contribution in [1.29, 1.82) is 0 Å². The highest BCUT2D eigenvalue weighted by Gasteiger charge is 2.07. The fraction of sp³-hybridized carbons (Fsp3) is 0.111. The van der Waals surface area contributed by atoms with Gasteiger partial charge in [-0.05, 0) is 37.3 Å². The molecule has 0 saturated carbocycles.